The van der Waals surface area contributed by atoms with Gasteiger partial charge in [-0.15, -0.1) is 0 Å². The number of hydrogen-bond acceptors (Lipinski definition) is 3. The standard InChI is InChI=1S/C17H19FN4O2/c18-11-5-6-13-14(9-11)20-16(19-13)17(24)21-7-1-3-12(10-21)22-8-2-4-15(22)23/h5-6,9,12H,1-4,7-8,10H2,(H,19,20). The van der Waals surface area contributed by atoms with Gasteiger partial charge in [-0.05, 0) is 37.5 Å². The Morgan fingerprint density at radius 2 is 2.17 bits per heavy atom. The summed E-state index contributed by atoms with van der Waals surface area (Å²) in [6.45, 7) is 1.98. The lowest BCUT2D eigenvalue weighted by molar-refractivity contribution is -0.130. The molecule has 3 heterocycles. The van der Waals surface area contributed by atoms with Gasteiger partial charge in [0.2, 0.25) is 5.91 Å². The predicted octanol–water partition coefficient (Wildman–Crippen LogP) is 1.93. The number of fused-ring (bicyclic) bond motifs is 1. The second-order valence-electron chi connectivity index (χ2n) is 6.48. The molecule has 2 amide bonds. The van der Waals surface area contributed by atoms with E-state index in [1.807, 2.05) is 4.90 Å². The van der Waals surface area contributed by atoms with Crippen LogP contribution in [0.3, 0.4) is 0 Å². The zero-order valence-corrected chi connectivity index (χ0v) is 13.3. The van der Waals surface area contributed by atoms with Crippen molar-refractivity contribution in [3.05, 3.63) is 29.8 Å². The molecule has 126 valence electrons. The van der Waals surface area contributed by atoms with Crippen molar-refractivity contribution < 1.29 is 14.0 Å². The van der Waals surface area contributed by atoms with Crippen LogP contribution in [-0.4, -0.2) is 57.3 Å². The lowest BCUT2D eigenvalue weighted by Gasteiger charge is -2.37. The van der Waals surface area contributed by atoms with Crippen LogP contribution in [0, 0.1) is 5.82 Å². The van der Waals surface area contributed by atoms with Gasteiger partial charge in [-0.1, -0.05) is 0 Å². The van der Waals surface area contributed by atoms with E-state index in [-0.39, 0.29) is 29.5 Å². The zero-order chi connectivity index (χ0) is 16.7. The summed E-state index contributed by atoms with van der Waals surface area (Å²) >= 11 is 0. The maximum Gasteiger partial charge on any atom is 0.289 e. The highest BCUT2D eigenvalue weighted by atomic mass is 19.1. The first kappa shape index (κ1) is 15.1. The van der Waals surface area contributed by atoms with Crippen molar-refractivity contribution in [3.63, 3.8) is 0 Å². The van der Waals surface area contributed by atoms with Gasteiger partial charge in [0, 0.05) is 32.1 Å². The maximum atomic E-state index is 13.3. The van der Waals surface area contributed by atoms with E-state index in [2.05, 4.69) is 9.97 Å². The molecule has 6 nitrogen and oxygen atoms in total. The number of halogens is 1. The molecule has 0 spiro atoms. The van der Waals surface area contributed by atoms with E-state index < -0.39 is 0 Å². The number of rotatable bonds is 2. The van der Waals surface area contributed by atoms with Gasteiger partial charge in [0.1, 0.15) is 5.82 Å². The molecule has 1 atom stereocenters. The number of aromatic amines is 1. The Bertz CT molecular complexity index is 803. The van der Waals surface area contributed by atoms with Crippen molar-refractivity contribution in [2.45, 2.75) is 31.7 Å². The molecule has 2 saturated heterocycles. The van der Waals surface area contributed by atoms with E-state index in [9.17, 15) is 14.0 Å². The highest BCUT2D eigenvalue weighted by Gasteiger charge is 2.33. The molecular weight excluding hydrogens is 311 g/mol. The van der Waals surface area contributed by atoms with Crippen LogP contribution >= 0.6 is 0 Å². The fourth-order valence-corrected chi connectivity index (χ4v) is 3.68. The van der Waals surface area contributed by atoms with Crippen molar-refractivity contribution in [3.8, 4) is 0 Å². The number of hydrogen-bond donors (Lipinski definition) is 1. The molecule has 1 aromatic heterocycles. The van der Waals surface area contributed by atoms with Crippen LogP contribution in [0.5, 0.6) is 0 Å². The Balaban J connectivity index is 1.53. The third-order valence-electron chi connectivity index (χ3n) is 4.88. The fourth-order valence-electron chi connectivity index (χ4n) is 3.68. The van der Waals surface area contributed by atoms with Crippen molar-refractivity contribution >= 4 is 22.8 Å². The van der Waals surface area contributed by atoms with Crippen molar-refractivity contribution in [2.75, 3.05) is 19.6 Å². The fraction of sp³-hybridized carbons (Fsp3) is 0.471. The number of likely N-dealkylation sites (tertiary alicyclic amines) is 2. The average Bonchev–Trinajstić information content (AvgIpc) is 3.20. The van der Waals surface area contributed by atoms with Gasteiger partial charge >= 0.3 is 0 Å². The quantitative estimate of drug-likeness (QED) is 0.915. The number of benzene rings is 1. The molecule has 0 aliphatic carbocycles. The number of nitrogens with one attached hydrogen (secondary N) is 1. The molecule has 2 aromatic rings. The van der Waals surface area contributed by atoms with Crippen LogP contribution in [0.1, 0.15) is 36.3 Å². The Kier molecular flexibility index (Phi) is 3.70. The van der Waals surface area contributed by atoms with Crippen LogP contribution in [0.15, 0.2) is 18.2 Å². The molecule has 7 heteroatoms. The molecular formula is C17H19FN4O2. The third kappa shape index (κ3) is 2.64. The van der Waals surface area contributed by atoms with Crippen molar-refractivity contribution in [1.29, 1.82) is 0 Å². The summed E-state index contributed by atoms with van der Waals surface area (Å²) in [5.41, 5.74) is 1.09. The average molecular weight is 330 g/mol. The van der Waals surface area contributed by atoms with E-state index in [0.717, 1.165) is 25.8 Å². The minimum absolute atomic E-state index is 0.0968. The van der Waals surface area contributed by atoms with Crippen molar-refractivity contribution in [2.24, 2.45) is 0 Å². The van der Waals surface area contributed by atoms with Crippen LogP contribution < -0.4 is 0 Å². The molecule has 2 aliphatic rings. The Labute approximate surface area is 138 Å². The Morgan fingerprint density at radius 3 is 2.96 bits per heavy atom. The van der Waals surface area contributed by atoms with Gasteiger partial charge in [-0.2, -0.15) is 0 Å². The van der Waals surface area contributed by atoms with Gasteiger partial charge < -0.3 is 14.8 Å². The van der Waals surface area contributed by atoms with Gasteiger partial charge in [0.15, 0.2) is 5.82 Å². The summed E-state index contributed by atoms with van der Waals surface area (Å²) < 4.78 is 13.3. The van der Waals surface area contributed by atoms with Gasteiger partial charge in [0.05, 0.1) is 11.0 Å². The summed E-state index contributed by atoms with van der Waals surface area (Å²) in [5.74, 6) is -0.142. The summed E-state index contributed by atoms with van der Waals surface area (Å²) in [6, 6.07) is 4.31. The van der Waals surface area contributed by atoms with Crippen LogP contribution in [-0.2, 0) is 4.79 Å². The molecule has 24 heavy (non-hydrogen) atoms. The molecule has 0 bridgehead atoms. The molecule has 2 fully saturated rings. The van der Waals surface area contributed by atoms with Gasteiger partial charge in [-0.25, -0.2) is 9.37 Å². The molecule has 4 rings (SSSR count). The summed E-state index contributed by atoms with van der Waals surface area (Å²) in [6.07, 6.45) is 3.31. The first-order valence-electron chi connectivity index (χ1n) is 8.36. The van der Waals surface area contributed by atoms with E-state index in [1.54, 1.807) is 11.0 Å². The highest BCUT2D eigenvalue weighted by Crippen LogP contribution is 2.23. The van der Waals surface area contributed by atoms with Crippen LogP contribution in [0.2, 0.25) is 0 Å². The highest BCUT2D eigenvalue weighted by molar-refractivity contribution is 5.94. The zero-order valence-electron chi connectivity index (χ0n) is 13.3. The lowest BCUT2D eigenvalue weighted by Crippen LogP contribution is -2.50. The molecule has 2 aliphatic heterocycles. The number of amides is 2. The number of aromatic nitrogens is 2. The third-order valence-corrected chi connectivity index (χ3v) is 4.88. The maximum absolute atomic E-state index is 13.3. The number of nitrogens with zero attached hydrogens (tertiary/aromatic N) is 3. The summed E-state index contributed by atoms with van der Waals surface area (Å²) in [7, 11) is 0. The second kappa shape index (κ2) is 5.89. The van der Waals surface area contributed by atoms with E-state index in [1.165, 1.54) is 12.1 Å². The second-order valence-corrected chi connectivity index (χ2v) is 6.48. The number of carbonyl (C=O) groups is 2. The van der Waals surface area contributed by atoms with E-state index in [4.69, 9.17) is 0 Å². The monoisotopic (exact) mass is 330 g/mol. The SMILES string of the molecule is O=C(c1nc2ccc(F)cc2[nH]1)N1CCCC(N2CCCC2=O)C1. The minimum atomic E-state index is -0.365. The number of imidazole rings is 1. The molecule has 1 aromatic carbocycles. The Morgan fingerprint density at radius 1 is 1.29 bits per heavy atom. The molecule has 1 unspecified atom stereocenters. The molecule has 1 N–H and O–H groups in total. The first-order valence-corrected chi connectivity index (χ1v) is 8.36. The Hall–Kier alpha value is -2.44. The topological polar surface area (TPSA) is 69.3 Å². The predicted molar refractivity (Wildman–Crippen MR) is 85.9 cm³/mol. The van der Waals surface area contributed by atoms with Gasteiger partial charge in [0.25, 0.3) is 5.91 Å². The van der Waals surface area contributed by atoms with Gasteiger partial charge in [-0.3, -0.25) is 9.59 Å². The molecule has 0 radical (unpaired) electrons. The minimum Gasteiger partial charge on any atom is -0.338 e. The van der Waals surface area contributed by atoms with Crippen molar-refractivity contribution in [1.82, 2.24) is 19.8 Å². The normalized spacial score (nSPS) is 21.7. The number of carbonyl (C=O) groups excluding carboxylic acids is 2. The number of H-pyrrole nitrogens is 1. The largest absolute Gasteiger partial charge is 0.338 e. The smallest absolute Gasteiger partial charge is 0.289 e. The summed E-state index contributed by atoms with van der Waals surface area (Å²) in [4.78, 5) is 35.5. The van der Waals surface area contributed by atoms with E-state index >= 15 is 0 Å². The van der Waals surface area contributed by atoms with Crippen LogP contribution in [0.25, 0.3) is 11.0 Å². The van der Waals surface area contributed by atoms with Crippen LogP contribution in [0.4, 0.5) is 4.39 Å². The van der Waals surface area contributed by atoms with E-state index in [0.29, 0.717) is 30.5 Å². The first-order chi connectivity index (χ1) is 11.6. The lowest BCUT2D eigenvalue weighted by atomic mass is 10.0. The number of piperidine rings is 1. The summed E-state index contributed by atoms with van der Waals surface area (Å²) in [5, 5.41) is 0. The molecule has 0 saturated carbocycles.